The van der Waals surface area contributed by atoms with Gasteiger partial charge in [0.2, 0.25) is 0 Å². The number of fused-ring (bicyclic) bond motifs is 1. The Kier molecular flexibility index (Phi) is 5.97. The molecule has 1 amide bonds. The Balaban J connectivity index is 1.64. The van der Waals surface area contributed by atoms with Crippen molar-refractivity contribution >= 4 is 44.2 Å². The summed E-state index contributed by atoms with van der Waals surface area (Å²) in [6, 6.07) is 15.2. The molecular weight excluding hydrogens is 418 g/mol. The quantitative estimate of drug-likeness (QED) is 0.395. The van der Waals surface area contributed by atoms with Crippen LogP contribution in [0.4, 0.5) is 5.13 Å². The molecule has 0 aliphatic rings. The number of hydrogen-bond acceptors (Lipinski definition) is 5. The van der Waals surface area contributed by atoms with Gasteiger partial charge in [-0.25, -0.2) is 4.98 Å². The molecule has 0 aliphatic carbocycles. The molecular formula is C23H20ClN3O2S. The average molecular weight is 438 g/mol. The average Bonchev–Trinajstić information content (AvgIpc) is 3.21. The third kappa shape index (κ3) is 4.45. The molecule has 0 spiro atoms. The van der Waals surface area contributed by atoms with Crippen molar-refractivity contribution in [1.82, 2.24) is 9.97 Å². The Morgan fingerprint density at radius 1 is 1.13 bits per heavy atom. The largest absolute Gasteiger partial charge is 0.484 e. The number of pyridine rings is 1. The Bertz CT molecular complexity index is 1140. The first kappa shape index (κ1) is 20.3. The van der Waals surface area contributed by atoms with Gasteiger partial charge in [0.15, 0.2) is 11.7 Å². The van der Waals surface area contributed by atoms with Crippen molar-refractivity contribution in [3.8, 4) is 5.75 Å². The summed E-state index contributed by atoms with van der Waals surface area (Å²) in [5, 5.41) is 1.21. The molecule has 0 N–H and O–H groups in total. The second kappa shape index (κ2) is 8.81. The number of carbonyl (C=O) groups excluding carboxylic acids is 1. The molecule has 4 rings (SSSR count). The summed E-state index contributed by atoms with van der Waals surface area (Å²) in [6.45, 7) is 4.24. The minimum atomic E-state index is -0.188. The molecule has 0 radical (unpaired) electrons. The third-order valence-electron chi connectivity index (χ3n) is 4.66. The van der Waals surface area contributed by atoms with Crippen LogP contribution < -0.4 is 9.64 Å². The molecule has 0 fully saturated rings. The molecule has 0 bridgehead atoms. The highest BCUT2D eigenvalue weighted by molar-refractivity contribution is 7.23. The Morgan fingerprint density at radius 3 is 2.63 bits per heavy atom. The lowest BCUT2D eigenvalue weighted by Crippen LogP contribution is -2.34. The zero-order valence-corrected chi connectivity index (χ0v) is 18.2. The van der Waals surface area contributed by atoms with Crippen LogP contribution in [0.2, 0.25) is 5.02 Å². The number of anilines is 1. The van der Waals surface area contributed by atoms with E-state index in [2.05, 4.69) is 4.98 Å². The standard InChI is InChI=1S/C23H20ClN3O2S/c1-15-5-8-18(9-6-15)29-14-20(28)27(13-17-4-3-11-25-12-17)23-26-21-16(2)7-10-19(24)22(21)30-23/h3-12H,13-14H2,1-2H3. The second-order valence-electron chi connectivity index (χ2n) is 6.98. The number of amides is 1. The van der Waals surface area contributed by atoms with E-state index in [-0.39, 0.29) is 12.5 Å². The molecule has 152 valence electrons. The van der Waals surface area contributed by atoms with Crippen LogP contribution >= 0.6 is 22.9 Å². The van der Waals surface area contributed by atoms with E-state index in [1.165, 1.54) is 11.3 Å². The predicted octanol–water partition coefficient (Wildman–Crippen LogP) is 5.57. The fraction of sp³-hybridized carbons (Fsp3) is 0.174. The number of benzene rings is 2. The zero-order chi connectivity index (χ0) is 21.1. The summed E-state index contributed by atoms with van der Waals surface area (Å²) in [7, 11) is 0. The Hall–Kier alpha value is -2.96. The van der Waals surface area contributed by atoms with Crippen molar-refractivity contribution in [2.75, 3.05) is 11.5 Å². The topological polar surface area (TPSA) is 55.3 Å². The molecule has 0 atom stereocenters. The van der Waals surface area contributed by atoms with Crippen molar-refractivity contribution in [1.29, 1.82) is 0 Å². The van der Waals surface area contributed by atoms with Gasteiger partial charge in [0, 0.05) is 12.4 Å². The number of carbonyl (C=O) groups is 1. The van der Waals surface area contributed by atoms with Crippen molar-refractivity contribution in [2.24, 2.45) is 0 Å². The van der Waals surface area contributed by atoms with Gasteiger partial charge in [0.05, 0.1) is 21.8 Å². The van der Waals surface area contributed by atoms with Crippen LogP contribution in [-0.4, -0.2) is 22.5 Å². The van der Waals surface area contributed by atoms with Crippen LogP contribution in [0, 0.1) is 13.8 Å². The van der Waals surface area contributed by atoms with Crippen LogP contribution in [0.5, 0.6) is 5.75 Å². The van der Waals surface area contributed by atoms with Gasteiger partial charge in [-0.2, -0.15) is 0 Å². The lowest BCUT2D eigenvalue weighted by molar-refractivity contribution is -0.120. The van der Waals surface area contributed by atoms with E-state index in [1.54, 1.807) is 17.3 Å². The van der Waals surface area contributed by atoms with Crippen molar-refractivity contribution < 1.29 is 9.53 Å². The number of aromatic nitrogens is 2. The molecule has 30 heavy (non-hydrogen) atoms. The van der Waals surface area contributed by atoms with Crippen LogP contribution in [0.25, 0.3) is 10.2 Å². The lowest BCUT2D eigenvalue weighted by atomic mass is 10.2. The van der Waals surface area contributed by atoms with E-state index < -0.39 is 0 Å². The fourth-order valence-electron chi connectivity index (χ4n) is 3.00. The summed E-state index contributed by atoms with van der Waals surface area (Å²) in [5.41, 5.74) is 3.87. The third-order valence-corrected chi connectivity index (χ3v) is 6.20. The van der Waals surface area contributed by atoms with Crippen molar-refractivity contribution in [3.05, 3.63) is 82.6 Å². The number of hydrogen-bond donors (Lipinski definition) is 0. The Labute approximate surface area is 183 Å². The maximum absolute atomic E-state index is 13.1. The number of thiazole rings is 1. The summed E-state index contributed by atoms with van der Waals surface area (Å²) in [4.78, 5) is 23.7. The van der Waals surface area contributed by atoms with E-state index >= 15 is 0 Å². The zero-order valence-electron chi connectivity index (χ0n) is 16.6. The van der Waals surface area contributed by atoms with Gasteiger partial charge in [-0.1, -0.05) is 52.8 Å². The normalized spacial score (nSPS) is 10.9. The molecule has 0 aliphatic heterocycles. The first-order valence-electron chi connectivity index (χ1n) is 9.45. The molecule has 0 unspecified atom stereocenters. The van der Waals surface area contributed by atoms with Gasteiger partial charge in [-0.15, -0.1) is 0 Å². The molecule has 0 saturated carbocycles. The lowest BCUT2D eigenvalue weighted by Gasteiger charge is -2.20. The van der Waals surface area contributed by atoms with Crippen LogP contribution in [0.1, 0.15) is 16.7 Å². The summed E-state index contributed by atoms with van der Waals surface area (Å²) in [6.07, 6.45) is 3.45. The molecule has 2 aromatic heterocycles. The van der Waals surface area contributed by atoms with Gasteiger partial charge in [-0.05, 0) is 49.2 Å². The molecule has 2 heterocycles. The van der Waals surface area contributed by atoms with Crippen molar-refractivity contribution in [3.63, 3.8) is 0 Å². The van der Waals surface area contributed by atoms with E-state index in [1.807, 2.05) is 62.4 Å². The highest BCUT2D eigenvalue weighted by Gasteiger charge is 2.22. The smallest absolute Gasteiger partial charge is 0.267 e. The van der Waals surface area contributed by atoms with Gasteiger partial charge in [0.1, 0.15) is 5.75 Å². The summed E-state index contributed by atoms with van der Waals surface area (Å²) in [5.74, 6) is 0.464. The second-order valence-corrected chi connectivity index (χ2v) is 8.37. The molecule has 0 saturated heterocycles. The van der Waals surface area contributed by atoms with Gasteiger partial charge >= 0.3 is 0 Å². The SMILES string of the molecule is Cc1ccc(OCC(=O)N(Cc2cccnc2)c2nc3c(C)ccc(Cl)c3s2)cc1. The van der Waals surface area contributed by atoms with Gasteiger partial charge in [-0.3, -0.25) is 14.7 Å². The summed E-state index contributed by atoms with van der Waals surface area (Å²) < 4.78 is 6.60. The number of halogens is 1. The maximum atomic E-state index is 13.1. The Morgan fingerprint density at radius 2 is 1.93 bits per heavy atom. The number of ether oxygens (including phenoxy) is 1. The minimum Gasteiger partial charge on any atom is -0.484 e. The number of aryl methyl sites for hydroxylation is 2. The number of nitrogens with zero attached hydrogens (tertiary/aromatic N) is 3. The predicted molar refractivity (Wildman–Crippen MR) is 121 cm³/mol. The molecule has 5 nitrogen and oxygen atoms in total. The highest BCUT2D eigenvalue weighted by Crippen LogP contribution is 2.36. The van der Waals surface area contributed by atoms with Gasteiger partial charge < -0.3 is 4.74 Å². The minimum absolute atomic E-state index is 0.0913. The number of rotatable bonds is 6. The monoisotopic (exact) mass is 437 g/mol. The first-order valence-corrected chi connectivity index (χ1v) is 10.6. The molecule has 4 aromatic rings. The fourth-order valence-corrected chi connectivity index (χ4v) is 4.33. The highest BCUT2D eigenvalue weighted by atomic mass is 35.5. The van der Waals surface area contributed by atoms with E-state index in [0.29, 0.717) is 22.4 Å². The van der Waals surface area contributed by atoms with Crippen LogP contribution in [0.3, 0.4) is 0 Å². The van der Waals surface area contributed by atoms with E-state index in [9.17, 15) is 4.79 Å². The van der Waals surface area contributed by atoms with Crippen molar-refractivity contribution in [2.45, 2.75) is 20.4 Å². The van der Waals surface area contributed by atoms with Crippen LogP contribution in [0.15, 0.2) is 60.9 Å². The van der Waals surface area contributed by atoms with E-state index in [4.69, 9.17) is 21.3 Å². The van der Waals surface area contributed by atoms with Crippen LogP contribution in [-0.2, 0) is 11.3 Å². The van der Waals surface area contributed by atoms with Gasteiger partial charge in [0.25, 0.3) is 5.91 Å². The maximum Gasteiger partial charge on any atom is 0.267 e. The first-order chi connectivity index (χ1) is 14.5. The van der Waals surface area contributed by atoms with E-state index in [0.717, 1.165) is 26.9 Å². The summed E-state index contributed by atoms with van der Waals surface area (Å²) >= 11 is 7.78. The molecule has 2 aromatic carbocycles. The molecule has 7 heteroatoms.